The minimum Gasteiger partial charge on any atom is -0.327 e. The fraction of sp³-hybridized carbons (Fsp3) is 0.467. The van der Waals surface area contributed by atoms with Gasteiger partial charge in [-0.25, -0.2) is 0 Å². The van der Waals surface area contributed by atoms with Crippen LogP contribution in [0.1, 0.15) is 37.7 Å². The van der Waals surface area contributed by atoms with Gasteiger partial charge in [-0.3, -0.25) is 0 Å². The molecule has 1 aromatic carbocycles. The first-order valence-electron chi connectivity index (χ1n) is 6.56. The van der Waals surface area contributed by atoms with Crippen molar-refractivity contribution in [2.24, 2.45) is 11.7 Å². The number of benzene rings is 1. The van der Waals surface area contributed by atoms with Crippen molar-refractivity contribution in [1.82, 2.24) is 0 Å². The highest BCUT2D eigenvalue weighted by Gasteiger charge is 2.17. The van der Waals surface area contributed by atoms with Crippen LogP contribution in [0.3, 0.4) is 0 Å². The van der Waals surface area contributed by atoms with Crippen molar-refractivity contribution in [1.29, 1.82) is 0 Å². The van der Waals surface area contributed by atoms with Crippen LogP contribution >= 0.6 is 27.5 Å². The molecule has 1 fully saturated rings. The van der Waals surface area contributed by atoms with Gasteiger partial charge in [0, 0.05) is 16.0 Å². The zero-order chi connectivity index (χ0) is 13.0. The molecule has 1 aromatic rings. The van der Waals surface area contributed by atoms with Gasteiger partial charge in [0.2, 0.25) is 0 Å². The monoisotopic (exact) mass is 327 g/mol. The smallest absolute Gasteiger partial charge is 0.0417 e. The van der Waals surface area contributed by atoms with Crippen molar-refractivity contribution in [3.63, 3.8) is 0 Å². The molecule has 18 heavy (non-hydrogen) atoms. The highest BCUT2D eigenvalue weighted by atomic mass is 79.9. The summed E-state index contributed by atoms with van der Waals surface area (Å²) in [5.74, 6) is 0.673. The molecule has 1 nitrogen and oxygen atoms in total. The number of halogens is 2. The third-order valence-corrected chi connectivity index (χ3v) is 4.59. The highest BCUT2D eigenvalue weighted by molar-refractivity contribution is 9.10. The molecular weight excluding hydrogens is 310 g/mol. The predicted molar refractivity (Wildman–Crippen MR) is 82.8 cm³/mol. The maximum absolute atomic E-state index is 5.96. The normalized spacial score (nSPS) is 18.1. The van der Waals surface area contributed by atoms with Gasteiger partial charge in [0.15, 0.2) is 0 Å². The molecule has 0 unspecified atom stereocenters. The minimum atomic E-state index is 0.653. The molecule has 0 saturated heterocycles. The summed E-state index contributed by atoms with van der Waals surface area (Å²) in [5.41, 5.74) is 8.47. The fourth-order valence-electron chi connectivity index (χ4n) is 2.64. The Labute approximate surface area is 123 Å². The zero-order valence-corrected chi connectivity index (χ0v) is 12.8. The molecule has 1 saturated carbocycles. The number of hydrogen-bond donors (Lipinski definition) is 1. The van der Waals surface area contributed by atoms with Crippen molar-refractivity contribution in [3.05, 3.63) is 38.8 Å². The second kappa shape index (κ2) is 6.74. The lowest BCUT2D eigenvalue weighted by Gasteiger charge is -2.24. The Morgan fingerprint density at radius 1 is 1.33 bits per heavy atom. The van der Waals surface area contributed by atoms with E-state index in [2.05, 4.69) is 22.0 Å². The van der Waals surface area contributed by atoms with Gasteiger partial charge in [-0.15, -0.1) is 0 Å². The number of nitrogens with two attached hydrogens (primary N) is 1. The molecule has 0 aliphatic heterocycles. The van der Waals surface area contributed by atoms with E-state index in [4.69, 9.17) is 17.3 Å². The molecule has 0 heterocycles. The molecule has 98 valence electrons. The standard InChI is InChI=1S/C15H19BrClN/c16-15-9-14(17)7-6-12(15)8-13(10-18)11-4-2-1-3-5-11/h6-9,11H,1-5,10,18H2/b13-8-. The van der Waals surface area contributed by atoms with Gasteiger partial charge in [-0.2, -0.15) is 0 Å². The average molecular weight is 329 g/mol. The summed E-state index contributed by atoms with van der Waals surface area (Å²) in [6.07, 6.45) is 8.85. The Bertz CT molecular complexity index is 436. The maximum Gasteiger partial charge on any atom is 0.0417 e. The van der Waals surface area contributed by atoms with Crippen LogP contribution in [-0.2, 0) is 0 Å². The van der Waals surface area contributed by atoms with Crippen LogP contribution in [0.5, 0.6) is 0 Å². The Hall–Kier alpha value is -0.310. The Morgan fingerprint density at radius 3 is 2.67 bits per heavy atom. The van der Waals surface area contributed by atoms with Gasteiger partial charge in [0.25, 0.3) is 0 Å². The Morgan fingerprint density at radius 2 is 2.06 bits per heavy atom. The fourth-order valence-corrected chi connectivity index (χ4v) is 3.43. The van der Waals surface area contributed by atoms with Gasteiger partial charge in [-0.05, 0) is 36.5 Å². The van der Waals surface area contributed by atoms with Crippen LogP contribution in [0.2, 0.25) is 5.02 Å². The summed E-state index contributed by atoms with van der Waals surface area (Å²) in [6, 6.07) is 5.90. The second-order valence-electron chi connectivity index (χ2n) is 4.92. The molecule has 1 aliphatic carbocycles. The summed E-state index contributed by atoms with van der Waals surface area (Å²) in [7, 11) is 0. The first kappa shape index (κ1) is 14.1. The minimum absolute atomic E-state index is 0.653. The lowest BCUT2D eigenvalue weighted by Crippen LogP contribution is -2.16. The lowest BCUT2D eigenvalue weighted by atomic mass is 9.83. The third kappa shape index (κ3) is 3.59. The van der Waals surface area contributed by atoms with Crippen LogP contribution in [0.25, 0.3) is 6.08 Å². The summed E-state index contributed by atoms with van der Waals surface area (Å²) >= 11 is 9.52. The molecule has 0 atom stereocenters. The predicted octanol–water partition coefficient (Wildman–Crippen LogP) is 5.02. The average Bonchev–Trinajstić information content (AvgIpc) is 2.39. The zero-order valence-electron chi connectivity index (χ0n) is 10.5. The van der Waals surface area contributed by atoms with Crippen LogP contribution in [-0.4, -0.2) is 6.54 Å². The van der Waals surface area contributed by atoms with E-state index >= 15 is 0 Å². The molecule has 0 aromatic heterocycles. The SMILES string of the molecule is NC/C(=C/c1ccc(Cl)cc1Br)C1CCCCC1. The van der Waals surface area contributed by atoms with Crippen molar-refractivity contribution < 1.29 is 0 Å². The van der Waals surface area contributed by atoms with Gasteiger partial charge in [0.05, 0.1) is 0 Å². The van der Waals surface area contributed by atoms with E-state index in [1.165, 1.54) is 43.2 Å². The molecule has 0 amide bonds. The molecule has 2 rings (SSSR count). The van der Waals surface area contributed by atoms with Gasteiger partial charge in [-0.1, -0.05) is 64.5 Å². The summed E-state index contributed by atoms with van der Waals surface area (Å²) in [6.45, 7) is 0.653. The third-order valence-electron chi connectivity index (χ3n) is 3.67. The quantitative estimate of drug-likeness (QED) is 0.828. The van der Waals surface area contributed by atoms with E-state index in [1.807, 2.05) is 18.2 Å². The van der Waals surface area contributed by atoms with E-state index in [0.29, 0.717) is 12.5 Å². The van der Waals surface area contributed by atoms with Crippen LogP contribution in [0, 0.1) is 5.92 Å². The van der Waals surface area contributed by atoms with Crippen molar-refractivity contribution in [2.45, 2.75) is 32.1 Å². The van der Waals surface area contributed by atoms with E-state index in [-0.39, 0.29) is 0 Å². The molecule has 0 bridgehead atoms. The van der Waals surface area contributed by atoms with E-state index < -0.39 is 0 Å². The Kier molecular flexibility index (Phi) is 5.28. The van der Waals surface area contributed by atoms with E-state index in [9.17, 15) is 0 Å². The Balaban J connectivity index is 2.22. The van der Waals surface area contributed by atoms with E-state index in [1.54, 1.807) is 0 Å². The van der Waals surface area contributed by atoms with Crippen molar-refractivity contribution in [2.75, 3.05) is 6.54 Å². The highest BCUT2D eigenvalue weighted by Crippen LogP contribution is 2.32. The number of hydrogen-bond acceptors (Lipinski definition) is 1. The second-order valence-corrected chi connectivity index (χ2v) is 6.21. The molecule has 1 aliphatic rings. The first-order chi connectivity index (χ1) is 8.70. The van der Waals surface area contributed by atoms with E-state index in [0.717, 1.165) is 9.50 Å². The molecule has 0 spiro atoms. The van der Waals surface area contributed by atoms with Crippen LogP contribution < -0.4 is 5.73 Å². The molecule has 3 heteroatoms. The molecule has 2 N–H and O–H groups in total. The number of rotatable bonds is 3. The lowest BCUT2D eigenvalue weighted by molar-refractivity contribution is 0.401. The largest absolute Gasteiger partial charge is 0.327 e. The summed E-state index contributed by atoms with van der Waals surface area (Å²) in [5, 5.41) is 0.756. The summed E-state index contributed by atoms with van der Waals surface area (Å²) < 4.78 is 1.04. The van der Waals surface area contributed by atoms with Gasteiger partial charge in [0.1, 0.15) is 0 Å². The maximum atomic E-state index is 5.96. The first-order valence-corrected chi connectivity index (χ1v) is 7.73. The van der Waals surface area contributed by atoms with Crippen molar-refractivity contribution >= 4 is 33.6 Å². The summed E-state index contributed by atoms with van der Waals surface area (Å²) in [4.78, 5) is 0. The van der Waals surface area contributed by atoms with Gasteiger partial charge < -0.3 is 5.73 Å². The molecular formula is C15H19BrClN. The van der Waals surface area contributed by atoms with Crippen LogP contribution in [0.4, 0.5) is 0 Å². The van der Waals surface area contributed by atoms with Crippen molar-refractivity contribution in [3.8, 4) is 0 Å². The van der Waals surface area contributed by atoms with Crippen LogP contribution in [0.15, 0.2) is 28.2 Å². The van der Waals surface area contributed by atoms with Gasteiger partial charge >= 0.3 is 0 Å². The molecule has 0 radical (unpaired) electrons. The topological polar surface area (TPSA) is 26.0 Å².